The Kier molecular flexibility index (Phi) is 3.12. The number of carbonyl (C=O) groups excluding carboxylic acids is 1. The minimum atomic E-state index is -0.00685. The summed E-state index contributed by atoms with van der Waals surface area (Å²) in [5.74, 6) is 1.32. The molecule has 0 atom stereocenters. The van der Waals surface area contributed by atoms with Crippen molar-refractivity contribution >= 4 is 5.78 Å². The molecule has 1 aromatic rings. The summed E-state index contributed by atoms with van der Waals surface area (Å²) in [4.78, 5) is 11.3. The van der Waals surface area contributed by atoms with Gasteiger partial charge in [-0.3, -0.25) is 4.79 Å². The van der Waals surface area contributed by atoms with Crippen LogP contribution >= 0.6 is 0 Å². The van der Waals surface area contributed by atoms with E-state index in [1.807, 2.05) is 6.92 Å². The van der Waals surface area contributed by atoms with E-state index in [0.717, 1.165) is 11.3 Å². The maximum Gasteiger partial charge on any atom is 0.163 e. The smallest absolute Gasteiger partial charge is 0.163 e. The Balaban J connectivity index is 3.35. The van der Waals surface area contributed by atoms with Crippen LogP contribution in [0.4, 0.5) is 0 Å². The molecule has 0 spiro atoms. The minimum absolute atomic E-state index is 0.00685. The quantitative estimate of drug-likeness (QED) is 0.692. The zero-order chi connectivity index (χ0) is 10.7. The highest BCUT2D eigenvalue weighted by atomic mass is 16.5. The summed E-state index contributed by atoms with van der Waals surface area (Å²) in [6, 6.07) is 3.49. The molecule has 0 aliphatic heterocycles. The van der Waals surface area contributed by atoms with Gasteiger partial charge in [0.2, 0.25) is 0 Å². The molecule has 0 N–H and O–H groups in total. The molecule has 0 heterocycles. The largest absolute Gasteiger partial charge is 0.496 e. The van der Waals surface area contributed by atoms with Crippen LogP contribution in [0.5, 0.6) is 11.5 Å². The van der Waals surface area contributed by atoms with Gasteiger partial charge >= 0.3 is 0 Å². The Hall–Kier alpha value is -1.51. The van der Waals surface area contributed by atoms with E-state index in [1.54, 1.807) is 26.4 Å². The second-order valence-corrected chi connectivity index (χ2v) is 3.03. The standard InChI is InChI=1S/C11H14O3/c1-7-10(13-3)6-5-9(8(2)12)11(7)14-4/h5-6H,1-4H3. The van der Waals surface area contributed by atoms with Gasteiger partial charge in [-0.05, 0) is 26.0 Å². The Morgan fingerprint density at radius 3 is 2.29 bits per heavy atom. The zero-order valence-electron chi connectivity index (χ0n) is 8.88. The van der Waals surface area contributed by atoms with Crippen molar-refractivity contribution in [2.75, 3.05) is 14.2 Å². The van der Waals surface area contributed by atoms with Crippen molar-refractivity contribution < 1.29 is 14.3 Å². The molecule has 0 fully saturated rings. The van der Waals surface area contributed by atoms with Crippen LogP contribution in [0.25, 0.3) is 0 Å². The lowest BCUT2D eigenvalue weighted by atomic mass is 10.1. The molecule has 0 unspecified atom stereocenters. The van der Waals surface area contributed by atoms with Crippen molar-refractivity contribution in [3.05, 3.63) is 23.3 Å². The number of hydrogen-bond acceptors (Lipinski definition) is 3. The summed E-state index contributed by atoms with van der Waals surface area (Å²) >= 11 is 0. The van der Waals surface area contributed by atoms with Gasteiger partial charge in [-0.25, -0.2) is 0 Å². The third kappa shape index (κ3) is 1.71. The van der Waals surface area contributed by atoms with Gasteiger partial charge < -0.3 is 9.47 Å². The molecular weight excluding hydrogens is 180 g/mol. The van der Waals surface area contributed by atoms with Crippen molar-refractivity contribution in [1.29, 1.82) is 0 Å². The maximum atomic E-state index is 11.3. The van der Waals surface area contributed by atoms with Gasteiger partial charge in [-0.15, -0.1) is 0 Å². The highest BCUT2D eigenvalue weighted by Gasteiger charge is 2.13. The van der Waals surface area contributed by atoms with Crippen molar-refractivity contribution in [3.8, 4) is 11.5 Å². The van der Waals surface area contributed by atoms with Crippen LogP contribution in [-0.4, -0.2) is 20.0 Å². The highest BCUT2D eigenvalue weighted by Crippen LogP contribution is 2.31. The predicted octanol–water partition coefficient (Wildman–Crippen LogP) is 2.21. The van der Waals surface area contributed by atoms with Gasteiger partial charge in [0.15, 0.2) is 5.78 Å². The molecule has 0 bridgehead atoms. The summed E-state index contributed by atoms with van der Waals surface area (Å²) in [5, 5.41) is 0. The Bertz CT molecular complexity index is 356. The normalized spacial score (nSPS) is 9.71. The van der Waals surface area contributed by atoms with Gasteiger partial charge in [0.25, 0.3) is 0 Å². The molecule has 14 heavy (non-hydrogen) atoms. The van der Waals surface area contributed by atoms with E-state index in [1.165, 1.54) is 6.92 Å². The van der Waals surface area contributed by atoms with Crippen molar-refractivity contribution in [2.45, 2.75) is 13.8 Å². The fourth-order valence-corrected chi connectivity index (χ4v) is 1.44. The number of Topliss-reactive ketones (excluding diaryl/α,β-unsaturated/α-hetero) is 1. The predicted molar refractivity (Wildman–Crippen MR) is 54.3 cm³/mol. The second kappa shape index (κ2) is 4.13. The number of hydrogen-bond donors (Lipinski definition) is 0. The number of methoxy groups -OCH3 is 2. The van der Waals surface area contributed by atoms with Crippen molar-refractivity contribution in [3.63, 3.8) is 0 Å². The van der Waals surface area contributed by atoms with Crippen LogP contribution in [0.1, 0.15) is 22.8 Å². The van der Waals surface area contributed by atoms with Crippen LogP contribution in [0, 0.1) is 6.92 Å². The van der Waals surface area contributed by atoms with E-state index in [9.17, 15) is 4.79 Å². The molecule has 1 aromatic carbocycles. The first kappa shape index (κ1) is 10.6. The third-order valence-corrected chi connectivity index (χ3v) is 2.16. The highest BCUT2D eigenvalue weighted by molar-refractivity contribution is 5.97. The van der Waals surface area contributed by atoms with Gasteiger partial charge in [-0.2, -0.15) is 0 Å². The van der Waals surface area contributed by atoms with Crippen LogP contribution in [-0.2, 0) is 0 Å². The lowest BCUT2D eigenvalue weighted by molar-refractivity contribution is 0.101. The molecule has 3 nitrogen and oxygen atoms in total. The van der Waals surface area contributed by atoms with Crippen LogP contribution in [0.2, 0.25) is 0 Å². The number of ether oxygens (including phenoxy) is 2. The summed E-state index contributed by atoms with van der Waals surface area (Å²) in [5.41, 5.74) is 1.44. The zero-order valence-corrected chi connectivity index (χ0v) is 8.88. The molecule has 0 aliphatic rings. The second-order valence-electron chi connectivity index (χ2n) is 3.03. The topological polar surface area (TPSA) is 35.5 Å². The minimum Gasteiger partial charge on any atom is -0.496 e. The fraction of sp³-hybridized carbons (Fsp3) is 0.364. The molecule has 0 saturated heterocycles. The van der Waals surface area contributed by atoms with Gasteiger partial charge in [0.1, 0.15) is 11.5 Å². The number of carbonyl (C=O) groups is 1. The number of benzene rings is 1. The van der Waals surface area contributed by atoms with Crippen molar-refractivity contribution in [1.82, 2.24) is 0 Å². The molecule has 0 aliphatic carbocycles. The van der Waals surface area contributed by atoms with Crippen molar-refractivity contribution in [2.24, 2.45) is 0 Å². The van der Waals surface area contributed by atoms with Crippen LogP contribution in [0.15, 0.2) is 12.1 Å². The third-order valence-electron chi connectivity index (χ3n) is 2.16. The molecule has 3 heteroatoms. The van der Waals surface area contributed by atoms with E-state index in [2.05, 4.69) is 0 Å². The monoisotopic (exact) mass is 194 g/mol. The molecule has 0 aromatic heterocycles. The summed E-state index contributed by atoms with van der Waals surface area (Å²) in [7, 11) is 3.14. The molecule has 76 valence electrons. The van der Waals surface area contributed by atoms with E-state index in [0.29, 0.717) is 11.3 Å². The van der Waals surface area contributed by atoms with E-state index in [4.69, 9.17) is 9.47 Å². The number of ketones is 1. The Labute approximate surface area is 83.6 Å². The van der Waals surface area contributed by atoms with Gasteiger partial charge in [0.05, 0.1) is 19.8 Å². The molecule has 1 rings (SSSR count). The fourth-order valence-electron chi connectivity index (χ4n) is 1.44. The first-order valence-corrected chi connectivity index (χ1v) is 4.34. The van der Waals surface area contributed by atoms with Gasteiger partial charge in [-0.1, -0.05) is 0 Å². The Morgan fingerprint density at radius 1 is 1.21 bits per heavy atom. The lowest BCUT2D eigenvalue weighted by Gasteiger charge is -2.12. The summed E-state index contributed by atoms with van der Waals surface area (Å²) in [6.07, 6.45) is 0. The number of rotatable bonds is 3. The van der Waals surface area contributed by atoms with Gasteiger partial charge in [0, 0.05) is 5.56 Å². The molecular formula is C11H14O3. The van der Waals surface area contributed by atoms with E-state index in [-0.39, 0.29) is 5.78 Å². The average molecular weight is 194 g/mol. The average Bonchev–Trinajstić information content (AvgIpc) is 2.17. The SMILES string of the molecule is COc1ccc(C(C)=O)c(OC)c1C. The maximum absolute atomic E-state index is 11.3. The summed E-state index contributed by atoms with van der Waals surface area (Å²) < 4.78 is 10.3. The van der Waals surface area contributed by atoms with Crippen LogP contribution in [0.3, 0.4) is 0 Å². The van der Waals surface area contributed by atoms with E-state index < -0.39 is 0 Å². The Morgan fingerprint density at radius 2 is 1.86 bits per heavy atom. The van der Waals surface area contributed by atoms with E-state index >= 15 is 0 Å². The lowest BCUT2D eigenvalue weighted by Crippen LogP contribution is -2.01. The molecule has 0 radical (unpaired) electrons. The molecule has 0 saturated carbocycles. The molecule has 0 amide bonds. The first-order valence-electron chi connectivity index (χ1n) is 4.34. The first-order chi connectivity index (χ1) is 6.61. The van der Waals surface area contributed by atoms with Crippen LogP contribution < -0.4 is 9.47 Å². The summed E-state index contributed by atoms with van der Waals surface area (Å²) in [6.45, 7) is 3.38.